The number of hydrogen-bond acceptors (Lipinski definition) is 5. The molecule has 0 radical (unpaired) electrons. The summed E-state index contributed by atoms with van der Waals surface area (Å²) in [6, 6.07) is 0. The predicted molar refractivity (Wildman–Crippen MR) is 36.3 cm³/mol. The maximum Gasteiger partial charge on any atom is 0.327 e. The molecule has 0 aromatic heterocycles. The number of ketones is 1. The second-order valence-electron chi connectivity index (χ2n) is 1.99. The van der Waals surface area contributed by atoms with E-state index in [-0.39, 0.29) is 6.61 Å². The minimum Gasteiger partial charge on any atom is -0.387 e. The highest BCUT2D eigenvalue weighted by molar-refractivity contribution is 7.17. The number of aliphatic hydroxyl groups is 2. The van der Waals surface area contributed by atoms with E-state index in [1.54, 1.807) is 0 Å². The first kappa shape index (κ1) is 10.7. The Hall–Kier alpha value is -0.350. The molecule has 0 fully saturated rings. The first-order valence-corrected chi connectivity index (χ1v) is 3.63. The Morgan fingerprint density at radius 2 is 2.18 bits per heavy atom. The third kappa shape index (κ3) is 4.16. The van der Waals surface area contributed by atoms with Crippen molar-refractivity contribution in [1.82, 2.24) is 0 Å². The molecule has 0 bridgehead atoms. The van der Waals surface area contributed by atoms with Gasteiger partial charge in [-0.1, -0.05) is 0 Å². The van der Waals surface area contributed by atoms with Crippen molar-refractivity contribution in [3.05, 3.63) is 0 Å². The van der Waals surface area contributed by atoms with Crippen molar-refractivity contribution in [2.45, 2.75) is 19.1 Å². The number of Topliss-reactive ketones (excluding diaryl/α,β-unsaturated/α-hetero) is 1. The van der Waals surface area contributed by atoms with Gasteiger partial charge in [-0.15, -0.1) is 0 Å². The van der Waals surface area contributed by atoms with Crippen LogP contribution in [-0.2, 0) is 13.9 Å². The summed E-state index contributed by atoms with van der Waals surface area (Å²) in [5.41, 5.74) is 0. The van der Waals surface area contributed by atoms with E-state index in [1.807, 2.05) is 0 Å². The van der Waals surface area contributed by atoms with Gasteiger partial charge in [0, 0.05) is 0 Å². The molecule has 0 aliphatic rings. The quantitative estimate of drug-likeness (QED) is 0.558. The molecule has 0 amide bonds. The van der Waals surface area contributed by atoms with E-state index in [4.69, 9.17) is 10.2 Å². The Morgan fingerprint density at radius 3 is 2.55 bits per heavy atom. The van der Waals surface area contributed by atoms with Gasteiger partial charge in [0.05, 0.1) is 6.61 Å². The lowest BCUT2D eigenvalue weighted by atomic mass is 10.1. The smallest absolute Gasteiger partial charge is 0.327 e. The minimum absolute atomic E-state index is 0.328. The lowest BCUT2D eigenvalue weighted by Gasteiger charge is -2.12. The molecule has 2 N–H and O–H groups in total. The summed E-state index contributed by atoms with van der Waals surface area (Å²) in [6.45, 7) is 0.814. The normalized spacial score (nSPS) is 16.3. The molecule has 6 heteroatoms. The molecule has 5 nitrogen and oxygen atoms in total. The molecule has 2 atom stereocenters. The van der Waals surface area contributed by atoms with Crippen molar-refractivity contribution < 1.29 is 24.1 Å². The Morgan fingerprint density at radius 1 is 1.64 bits per heavy atom. The number of carbonyl (C=O) groups is 1. The topological polar surface area (TPSA) is 83.8 Å². The Labute approximate surface area is 65.3 Å². The van der Waals surface area contributed by atoms with Crippen molar-refractivity contribution in [3.8, 4) is 0 Å². The Kier molecular flexibility index (Phi) is 5.15. The minimum atomic E-state index is -1.46. The molecule has 0 saturated carbocycles. The molecule has 11 heavy (non-hydrogen) atoms. The standard InChI is InChI=1S/C5H9O5P/c1-3(6)5(8)4(7)2-10-11-9/h4-5,7-8H,2H2,1H3. The van der Waals surface area contributed by atoms with Crippen molar-refractivity contribution in [2.24, 2.45) is 0 Å². The van der Waals surface area contributed by atoms with Crippen LogP contribution in [0.1, 0.15) is 6.92 Å². The van der Waals surface area contributed by atoms with E-state index in [2.05, 4.69) is 4.52 Å². The summed E-state index contributed by atoms with van der Waals surface area (Å²) < 4.78 is 13.9. The van der Waals surface area contributed by atoms with Crippen LogP contribution in [0.4, 0.5) is 0 Å². The molecule has 0 aromatic rings. The predicted octanol–water partition coefficient (Wildman–Crippen LogP) is -0.480. The van der Waals surface area contributed by atoms with Crippen LogP contribution in [0, 0.1) is 0 Å². The van der Waals surface area contributed by atoms with Gasteiger partial charge < -0.3 is 10.2 Å². The van der Waals surface area contributed by atoms with Gasteiger partial charge in [0.2, 0.25) is 0 Å². The van der Waals surface area contributed by atoms with Crippen LogP contribution in [0.15, 0.2) is 0 Å². The highest BCUT2D eigenvalue weighted by atomic mass is 31.1. The van der Waals surface area contributed by atoms with Crippen LogP contribution in [0.3, 0.4) is 0 Å². The van der Waals surface area contributed by atoms with E-state index in [0.717, 1.165) is 6.92 Å². The number of aliphatic hydroxyl groups excluding tert-OH is 2. The van der Waals surface area contributed by atoms with Gasteiger partial charge in [0.25, 0.3) is 0 Å². The molecule has 0 aliphatic heterocycles. The van der Waals surface area contributed by atoms with E-state index < -0.39 is 26.7 Å². The maximum atomic E-state index is 10.4. The average molecular weight is 180 g/mol. The summed E-state index contributed by atoms with van der Waals surface area (Å²) >= 11 is 0. The fourth-order valence-corrected chi connectivity index (χ4v) is 0.682. The van der Waals surface area contributed by atoms with Gasteiger partial charge >= 0.3 is 8.69 Å². The van der Waals surface area contributed by atoms with Crippen LogP contribution in [-0.4, -0.2) is 34.8 Å². The molecule has 0 heterocycles. The highest BCUT2D eigenvalue weighted by Gasteiger charge is 2.20. The molecule has 0 saturated heterocycles. The summed E-state index contributed by atoms with van der Waals surface area (Å²) in [5, 5.41) is 17.7. The van der Waals surface area contributed by atoms with Crippen molar-refractivity contribution in [1.29, 1.82) is 0 Å². The van der Waals surface area contributed by atoms with E-state index in [9.17, 15) is 9.36 Å². The Bertz CT molecular complexity index is 148. The van der Waals surface area contributed by atoms with Crippen LogP contribution < -0.4 is 0 Å². The number of hydrogen-bond donors (Lipinski definition) is 2. The van der Waals surface area contributed by atoms with Crippen molar-refractivity contribution in [3.63, 3.8) is 0 Å². The molecule has 0 rings (SSSR count). The molecule has 0 aromatic carbocycles. The third-order valence-electron chi connectivity index (χ3n) is 1.08. The monoisotopic (exact) mass is 180 g/mol. The number of rotatable bonds is 5. The fourth-order valence-electron chi connectivity index (χ4n) is 0.469. The van der Waals surface area contributed by atoms with Crippen LogP contribution in [0.2, 0.25) is 0 Å². The maximum absolute atomic E-state index is 10.4. The SMILES string of the molecule is CC(=O)C(O)C(O)COP=O. The fraction of sp³-hybridized carbons (Fsp3) is 0.800. The van der Waals surface area contributed by atoms with E-state index in [1.165, 1.54) is 0 Å². The number of carbonyl (C=O) groups excluding carboxylic acids is 1. The summed E-state index contributed by atoms with van der Waals surface area (Å²) in [6.07, 6.45) is -2.77. The third-order valence-corrected chi connectivity index (χ3v) is 1.33. The van der Waals surface area contributed by atoms with Gasteiger partial charge in [-0.2, -0.15) is 0 Å². The average Bonchev–Trinajstić information content (AvgIpc) is 1.98. The van der Waals surface area contributed by atoms with Gasteiger partial charge in [0.15, 0.2) is 5.78 Å². The zero-order chi connectivity index (χ0) is 8.85. The summed E-state index contributed by atoms with van der Waals surface area (Å²) in [5.74, 6) is -0.552. The molecular weight excluding hydrogens is 171 g/mol. The summed E-state index contributed by atoms with van der Waals surface area (Å²) in [7, 11) is -0.584. The van der Waals surface area contributed by atoms with Crippen LogP contribution in [0.25, 0.3) is 0 Å². The molecular formula is C5H9O5P. The molecule has 0 aliphatic carbocycles. The van der Waals surface area contributed by atoms with Gasteiger partial charge in [-0.3, -0.25) is 9.32 Å². The van der Waals surface area contributed by atoms with E-state index >= 15 is 0 Å². The second-order valence-corrected chi connectivity index (χ2v) is 2.40. The largest absolute Gasteiger partial charge is 0.387 e. The zero-order valence-electron chi connectivity index (χ0n) is 5.93. The van der Waals surface area contributed by atoms with Crippen molar-refractivity contribution >= 4 is 14.5 Å². The first-order chi connectivity index (χ1) is 5.09. The second kappa shape index (κ2) is 5.32. The summed E-state index contributed by atoms with van der Waals surface area (Å²) in [4.78, 5) is 10.4. The van der Waals surface area contributed by atoms with Crippen molar-refractivity contribution in [2.75, 3.05) is 6.61 Å². The first-order valence-electron chi connectivity index (χ1n) is 2.90. The van der Waals surface area contributed by atoms with Gasteiger partial charge in [-0.05, 0) is 6.92 Å². The van der Waals surface area contributed by atoms with Crippen LogP contribution in [0.5, 0.6) is 0 Å². The molecule has 64 valence electrons. The van der Waals surface area contributed by atoms with E-state index in [0.29, 0.717) is 0 Å². The Balaban J connectivity index is 3.72. The lowest BCUT2D eigenvalue weighted by Crippen LogP contribution is -2.35. The van der Waals surface area contributed by atoms with Crippen LogP contribution >= 0.6 is 8.69 Å². The molecule has 0 spiro atoms. The lowest BCUT2D eigenvalue weighted by molar-refractivity contribution is -0.131. The highest BCUT2D eigenvalue weighted by Crippen LogP contribution is 2.01. The van der Waals surface area contributed by atoms with Gasteiger partial charge in [-0.25, -0.2) is 4.57 Å². The zero-order valence-corrected chi connectivity index (χ0v) is 6.82. The molecule has 2 unspecified atom stereocenters. The van der Waals surface area contributed by atoms with Gasteiger partial charge in [0.1, 0.15) is 12.2 Å².